The highest BCUT2D eigenvalue weighted by Gasteiger charge is 2.35. The summed E-state index contributed by atoms with van der Waals surface area (Å²) in [4.78, 5) is 16.0. The van der Waals surface area contributed by atoms with E-state index in [2.05, 4.69) is 4.98 Å². The number of pyridine rings is 1. The summed E-state index contributed by atoms with van der Waals surface area (Å²) in [6.45, 7) is 1.54. The maximum absolute atomic E-state index is 12.8. The summed E-state index contributed by atoms with van der Waals surface area (Å²) in [5.74, 6) is -2.47. The van der Waals surface area contributed by atoms with Crippen LogP contribution in [0.25, 0.3) is 10.7 Å². The van der Waals surface area contributed by atoms with Gasteiger partial charge in [0.15, 0.2) is 15.6 Å². The van der Waals surface area contributed by atoms with Crippen molar-refractivity contribution in [2.45, 2.75) is 19.1 Å². The molecule has 1 aliphatic rings. The summed E-state index contributed by atoms with van der Waals surface area (Å²) in [7, 11) is -2.88. The van der Waals surface area contributed by atoms with E-state index >= 15 is 0 Å². The first kappa shape index (κ1) is 20.2. The van der Waals surface area contributed by atoms with E-state index in [1.807, 2.05) is 0 Å². The Morgan fingerprint density at radius 2 is 2.00 bits per heavy atom. The standard InChI is InChI=1S/C18H15ClF2N2O4S/c1-9-5-6-11(12(19)14(9)23(2)18(25)17(20)21)16-15(24)13-10(4-3-7-22-13)8-28(16,26)27/h3-7,17,24H,8H2,1-2H3. The van der Waals surface area contributed by atoms with Crippen LogP contribution in [0, 0.1) is 6.92 Å². The molecular formula is C18H15ClF2N2O4S. The summed E-state index contributed by atoms with van der Waals surface area (Å²) in [6.07, 6.45) is -1.85. The predicted molar refractivity (Wildman–Crippen MR) is 102 cm³/mol. The molecule has 0 radical (unpaired) electrons. The van der Waals surface area contributed by atoms with Gasteiger partial charge >= 0.3 is 6.43 Å². The molecule has 148 valence electrons. The van der Waals surface area contributed by atoms with Crippen LogP contribution in [0.1, 0.15) is 22.4 Å². The first-order valence-corrected chi connectivity index (χ1v) is 10.0. The van der Waals surface area contributed by atoms with Gasteiger partial charge in [0.05, 0.1) is 16.5 Å². The van der Waals surface area contributed by atoms with Crippen molar-refractivity contribution in [3.8, 4) is 0 Å². The van der Waals surface area contributed by atoms with Gasteiger partial charge in [0.25, 0.3) is 5.91 Å². The lowest BCUT2D eigenvalue weighted by molar-refractivity contribution is -0.128. The lowest BCUT2D eigenvalue weighted by Crippen LogP contribution is -2.32. The molecule has 2 heterocycles. The maximum Gasteiger partial charge on any atom is 0.316 e. The fourth-order valence-corrected chi connectivity index (χ4v) is 5.27. The molecule has 0 saturated heterocycles. The maximum atomic E-state index is 12.8. The molecule has 0 fully saturated rings. The molecule has 0 spiro atoms. The first-order chi connectivity index (χ1) is 13.1. The molecule has 10 heteroatoms. The lowest BCUT2D eigenvalue weighted by atomic mass is 10.1. The number of aromatic nitrogens is 1. The van der Waals surface area contributed by atoms with Crippen LogP contribution in [-0.2, 0) is 20.4 Å². The van der Waals surface area contributed by atoms with Gasteiger partial charge in [0.1, 0.15) is 10.6 Å². The van der Waals surface area contributed by atoms with E-state index in [0.29, 0.717) is 16.0 Å². The second-order valence-corrected chi connectivity index (χ2v) is 8.54. The minimum Gasteiger partial charge on any atom is -0.504 e. The van der Waals surface area contributed by atoms with Crippen LogP contribution in [0.2, 0.25) is 5.02 Å². The van der Waals surface area contributed by atoms with Crippen molar-refractivity contribution in [3.05, 3.63) is 57.9 Å². The van der Waals surface area contributed by atoms with Crippen molar-refractivity contribution in [3.63, 3.8) is 0 Å². The SMILES string of the molecule is Cc1ccc(C2=C(O)c3ncccc3CS2(=O)=O)c(Cl)c1N(C)C(=O)C(F)F. The fourth-order valence-electron chi connectivity index (χ4n) is 3.10. The molecule has 0 saturated carbocycles. The monoisotopic (exact) mass is 428 g/mol. The van der Waals surface area contributed by atoms with Gasteiger partial charge in [-0.25, -0.2) is 8.42 Å². The second kappa shape index (κ2) is 7.14. The van der Waals surface area contributed by atoms with Crippen molar-refractivity contribution < 1.29 is 27.1 Å². The normalized spacial score (nSPS) is 15.5. The van der Waals surface area contributed by atoms with Gasteiger partial charge in [0.2, 0.25) is 0 Å². The third-order valence-corrected chi connectivity index (χ3v) is 6.51. The fraction of sp³-hybridized carbons (Fsp3) is 0.222. The molecule has 1 aromatic carbocycles. The summed E-state index contributed by atoms with van der Waals surface area (Å²) in [5.41, 5.74) is 0.661. The minimum absolute atomic E-state index is 0.0632. The number of carbonyl (C=O) groups is 1. The van der Waals surface area contributed by atoms with E-state index in [9.17, 15) is 27.1 Å². The van der Waals surface area contributed by atoms with Gasteiger partial charge in [-0.3, -0.25) is 9.78 Å². The van der Waals surface area contributed by atoms with Crippen molar-refractivity contribution in [1.82, 2.24) is 4.98 Å². The average Bonchev–Trinajstić information content (AvgIpc) is 2.62. The number of aliphatic hydroxyl groups is 1. The number of halogens is 3. The number of aliphatic hydroxyl groups excluding tert-OH is 1. The van der Waals surface area contributed by atoms with E-state index in [-0.39, 0.29) is 22.0 Å². The molecule has 1 aliphatic heterocycles. The van der Waals surface area contributed by atoms with Crippen LogP contribution in [0.15, 0.2) is 30.5 Å². The third kappa shape index (κ3) is 3.24. The molecule has 3 rings (SSSR count). The van der Waals surface area contributed by atoms with E-state index in [0.717, 1.165) is 7.05 Å². The van der Waals surface area contributed by atoms with Crippen LogP contribution in [0.3, 0.4) is 0 Å². The zero-order chi connectivity index (χ0) is 20.8. The Morgan fingerprint density at radius 3 is 2.64 bits per heavy atom. The molecule has 6 nitrogen and oxygen atoms in total. The molecule has 0 unspecified atom stereocenters. The van der Waals surface area contributed by atoms with E-state index in [1.54, 1.807) is 13.0 Å². The highest BCUT2D eigenvalue weighted by molar-refractivity contribution is 8.00. The summed E-state index contributed by atoms with van der Waals surface area (Å²) in [6, 6.07) is 5.88. The van der Waals surface area contributed by atoms with Crippen LogP contribution in [0.4, 0.5) is 14.5 Å². The highest BCUT2D eigenvalue weighted by Crippen LogP contribution is 2.43. The largest absolute Gasteiger partial charge is 0.504 e. The van der Waals surface area contributed by atoms with E-state index < -0.39 is 38.6 Å². The van der Waals surface area contributed by atoms with E-state index in [4.69, 9.17) is 11.6 Å². The number of carbonyl (C=O) groups excluding carboxylic acids is 1. The summed E-state index contributed by atoms with van der Waals surface area (Å²) >= 11 is 6.34. The molecule has 1 N–H and O–H groups in total. The molecule has 0 bridgehead atoms. The van der Waals surface area contributed by atoms with Gasteiger partial charge in [-0.05, 0) is 24.1 Å². The summed E-state index contributed by atoms with van der Waals surface area (Å²) in [5, 5.41) is 10.4. The molecule has 2 aromatic rings. The number of alkyl halides is 2. The number of benzene rings is 1. The number of rotatable bonds is 3. The van der Waals surface area contributed by atoms with Gasteiger partial charge in [-0.15, -0.1) is 0 Å². The number of aryl methyl sites for hydroxylation is 1. The topological polar surface area (TPSA) is 87.6 Å². The van der Waals surface area contributed by atoms with Crippen molar-refractivity contribution in [1.29, 1.82) is 0 Å². The van der Waals surface area contributed by atoms with Gasteiger partial charge < -0.3 is 10.0 Å². The van der Waals surface area contributed by atoms with Crippen LogP contribution in [0.5, 0.6) is 0 Å². The molecule has 1 amide bonds. The molecule has 0 atom stereocenters. The highest BCUT2D eigenvalue weighted by atomic mass is 35.5. The third-order valence-electron chi connectivity index (χ3n) is 4.40. The predicted octanol–water partition coefficient (Wildman–Crippen LogP) is 3.58. The second-order valence-electron chi connectivity index (χ2n) is 6.24. The Balaban J connectivity index is 2.28. The van der Waals surface area contributed by atoms with E-state index in [1.165, 1.54) is 24.4 Å². The Labute approximate surface area is 165 Å². The van der Waals surface area contributed by atoms with Crippen molar-refractivity contribution >= 4 is 43.7 Å². The Bertz CT molecular complexity index is 1120. The molecule has 0 aliphatic carbocycles. The Hall–Kier alpha value is -2.52. The zero-order valence-corrected chi connectivity index (χ0v) is 16.4. The molecule has 1 aromatic heterocycles. The number of amides is 1. The van der Waals surface area contributed by atoms with Gasteiger partial charge in [0, 0.05) is 18.8 Å². The number of sulfone groups is 1. The minimum atomic E-state index is -4.00. The van der Waals surface area contributed by atoms with Crippen molar-refractivity contribution in [2.24, 2.45) is 0 Å². The Morgan fingerprint density at radius 1 is 1.32 bits per heavy atom. The Kier molecular flexibility index (Phi) is 5.16. The number of hydrogen-bond donors (Lipinski definition) is 1. The number of anilines is 1. The van der Waals surface area contributed by atoms with Crippen LogP contribution < -0.4 is 4.90 Å². The zero-order valence-electron chi connectivity index (χ0n) is 14.8. The molecular weight excluding hydrogens is 414 g/mol. The van der Waals surface area contributed by atoms with Crippen LogP contribution >= 0.6 is 11.6 Å². The lowest BCUT2D eigenvalue weighted by Gasteiger charge is -2.24. The average molecular weight is 429 g/mol. The number of nitrogens with zero attached hydrogens (tertiary/aromatic N) is 2. The summed E-state index contributed by atoms with van der Waals surface area (Å²) < 4.78 is 51.3. The quantitative estimate of drug-likeness (QED) is 0.807. The number of fused-ring (bicyclic) bond motifs is 1. The smallest absolute Gasteiger partial charge is 0.316 e. The molecule has 28 heavy (non-hydrogen) atoms. The van der Waals surface area contributed by atoms with Gasteiger partial charge in [-0.2, -0.15) is 8.78 Å². The van der Waals surface area contributed by atoms with Gasteiger partial charge in [-0.1, -0.05) is 29.8 Å². The number of hydrogen-bond acceptors (Lipinski definition) is 5. The van der Waals surface area contributed by atoms with Crippen LogP contribution in [-0.4, -0.2) is 37.9 Å². The van der Waals surface area contributed by atoms with Crippen molar-refractivity contribution in [2.75, 3.05) is 11.9 Å². The first-order valence-electron chi connectivity index (χ1n) is 8.01.